The summed E-state index contributed by atoms with van der Waals surface area (Å²) in [5.41, 5.74) is -0.442. The Bertz CT molecular complexity index is 1780. The quantitative estimate of drug-likeness (QED) is 0.0447. The van der Waals surface area contributed by atoms with Crippen LogP contribution in [-0.4, -0.2) is 99.4 Å². The highest BCUT2D eigenvalue weighted by atomic mass is 28.4. The number of Topliss-reactive ketones (excluding diaryl/α,β-unsaturated/α-hetero) is 2. The second-order valence-electron chi connectivity index (χ2n) is 17.8. The highest BCUT2D eigenvalue weighted by Gasteiger charge is 2.47. The van der Waals surface area contributed by atoms with E-state index in [0.717, 1.165) is 12.8 Å². The van der Waals surface area contributed by atoms with Crippen molar-refractivity contribution < 1.29 is 38.2 Å². The number of amides is 2. The number of rotatable bonds is 14. The Labute approximate surface area is 336 Å². The first-order chi connectivity index (χ1) is 25.9. The number of allylic oxidation sites excluding steroid dienone is 14. The molecule has 2 aliphatic heterocycles. The van der Waals surface area contributed by atoms with Gasteiger partial charge in [-0.05, 0) is 67.2 Å². The molecule has 0 aromatic heterocycles. The molecule has 4 atom stereocenters. The molecule has 56 heavy (non-hydrogen) atoms. The first-order valence-electron chi connectivity index (χ1n) is 19.4. The van der Waals surface area contributed by atoms with Crippen LogP contribution in [0.5, 0.6) is 0 Å². The third kappa shape index (κ3) is 11.3. The summed E-state index contributed by atoms with van der Waals surface area (Å²) in [6.45, 7) is 21.2. The number of nitrogens with zero attached hydrogens (tertiary/aromatic N) is 2. The molecule has 10 nitrogen and oxygen atoms in total. The molecule has 2 amide bonds. The van der Waals surface area contributed by atoms with Gasteiger partial charge >= 0.3 is 0 Å². The van der Waals surface area contributed by atoms with E-state index < -0.39 is 52.1 Å². The van der Waals surface area contributed by atoms with Gasteiger partial charge in [-0.15, -0.1) is 0 Å². The number of hydrogen-bond acceptors (Lipinski definition) is 8. The molecule has 2 N–H and O–H groups in total. The average molecular weight is 805 g/mol. The van der Waals surface area contributed by atoms with Gasteiger partial charge < -0.3 is 28.9 Å². The van der Waals surface area contributed by atoms with Crippen molar-refractivity contribution >= 4 is 40.0 Å². The Balaban J connectivity index is 1.57. The van der Waals surface area contributed by atoms with Crippen molar-refractivity contribution in [2.45, 2.75) is 103 Å². The second-order valence-corrected chi connectivity index (χ2v) is 27.4. The summed E-state index contributed by atoms with van der Waals surface area (Å²) in [6, 6.07) is -1.53. The smallest absolute Gasteiger partial charge is 0.261 e. The standard InChI is InChI=1S/C44H64N2O8Si2/c1-43(2,3)55(9,10)53-29-33-39(49)37(41(51)45(33)7)35(47)27-19-15-13-17-23-31-25-21-22-26-32(31)24-18-14-16-20-28-36(48)38-40(50)34(46(8)42(38)52)30-54-56(11,12)44(4,5)6/h13-21,23-25,27-28,31-34,47-48H,22,26,29-30H2,1-12H3/b15-13+,16-14+,23-17+,24-18+,27-19+,28-20+,37-35-,38-36-/t31-,32-,33-,34-/m0/s1. The van der Waals surface area contributed by atoms with Gasteiger partial charge in [0.1, 0.15) is 34.7 Å². The van der Waals surface area contributed by atoms with Crippen LogP contribution in [0.3, 0.4) is 0 Å². The molecule has 0 bridgehead atoms. The lowest BCUT2D eigenvalue weighted by molar-refractivity contribution is -0.126. The SMILES string of the molecule is CN1C(=O)/C(=C(O)/C=C/C=C/C=C/[C@H]2C=CCC[C@@H]2/C=C/C=C/C=C/C(O)=C2\C(=O)[C@H](CO[Si](C)(C)C(C)(C)C)N(C)C2=O)C(=O)[C@@H]1CO[Si](C)(C)C(C)(C)C. The zero-order valence-corrected chi connectivity index (χ0v) is 37.5. The summed E-state index contributed by atoms with van der Waals surface area (Å²) in [5, 5.41) is 21.2. The Morgan fingerprint density at radius 3 is 1.48 bits per heavy atom. The molecule has 2 saturated heterocycles. The van der Waals surface area contributed by atoms with Crippen LogP contribution < -0.4 is 0 Å². The molecular weight excluding hydrogens is 741 g/mol. The van der Waals surface area contributed by atoms with Crippen LogP contribution >= 0.6 is 0 Å². The van der Waals surface area contributed by atoms with E-state index in [4.69, 9.17) is 8.85 Å². The zero-order valence-electron chi connectivity index (χ0n) is 35.5. The minimum absolute atomic E-state index is 0.0392. The fourth-order valence-electron chi connectivity index (χ4n) is 5.81. The summed E-state index contributed by atoms with van der Waals surface area (Å²) in [5.74, 6) is -2.20. The first-order valence-corrected chi connectivity index (χ1v) is 25.2. The number of hydrogen-bond donors (Lipinski definition) is 2. The molecule has 0 aromatic carbocycles. The zero-order chi connectivity index (χ0) is 42.2. The normalized spacial score (nSPS) is 25.4. The van der Waals surface area contributed by atoms with Gasteiger partial charge in [-0.3, -0.25) is 19.2 Å². The van der Waals surface area contributed by atoms with Gasteiger partial charge in [0.15, 0.2) is 28.2 Å². The van der Waals surface area contributed by atoms with E-state index in [9.17, 15) is 29.4 Å². The van der Waals surface area contributed by atoms with Crippen LogP contribution in [0.1, 0.15) is 54.4 Å². The van der Waals surface area contributed by atoms with E-state index in [1.165, 1.54) is 22.0 Å². The maximum Gasteiger partial charge on any atom is 0.261 e. The maximum atomic E-state index is 13.1. The van der Waals surface area contributed by atoms with E-state index in [1.54, 1.807) is 38.4 Å². The van der Waals surface area contributed by atoms with E-state index in [0.29, 0.717) is 0 Å². The minimum atomic E-state index is -2.13. The van der Waals surface area contributed by atoms with Gasteiger partial charge in [0.25, 0.3) is 11.8 Å². The Morgan fingerprint density at radius 1 is 0.679 bits per heavy atom. The summed E-state index contributed by atoms with van der Waals surface area (Å²) in [6.07, 6.45) is 27.3. The molecular formula is C44H64N2O8Si2. The van der Waals surface area contributed by atoms with E-state index in [-0.39, 0.29) is 57.8 Å². The van der Waals surface area contributed by atoms with Crippen molar-refractivity contribution in [1.82, 2.24) is 9.80 Å². The molecule has 2 fully saturated rings. The van der Waals surface area contributed by atoms with Crippen LogP contribution in [0.15, 0.2) is 108 Å². The molecule has 0 unspecified atom stereocenters. The highest BCUT2D eigenvalue weighted by molar-refractivity contribution is 6.74. The van der Waals surface area contributed by atoms with Crippen LogP contribution in [0, 0.1) is 11.8 Å². The number of likely N-dealkylation sites (N-methyl/N-ethyl adjacent to an activating group) is 2. The molecule has 0 spiro atoms. The predicted octanol–water partition coefficient (Wildman–Crippen LogP) is 8.39. The van der Waals surface area contributed by atoms with Crippen molar-refractivity contribution in [3.8, 4) is 0 Å². The number of carbonyl (C=O) groups excluding carboxylic acids is 4. The highest BCUT2D eigenvalue weighted by Crippen LogP contribution is 2.38. The van der Waals surface area contributed by atoms with E-state index >= 15 is 0 Å². The summed E-state index contributed by atoms with van der Waals surface area (Å²) >= 11 is 0. The number of likely N-dealkylation sites (tertiary alicyclic amines) is 2. The number of aliphatic hydroxyl groups is 2. The molecule has 3 aliphatic rings. The fraction of sp³-hybridized carbons (Fsp3) is 0.500. The summed E-state index contributed by atoms with van der Waals surface area (Å²) < 4.78 is 12.4. The Kier molecular flexibility index (Phi) is 15.6. The van der Waals surface area contributed by atoms with Gasteiger partial charge in [-0.25, -0.2) is 0 Å². The van der Waals surface area contributed by atoms with Gasteiger partial charge in [0.05, 0.1) is 13.2 Å². The predicted molar refractivity (Wildman–Crippen MR) is 229 cm³/mol. The maximum absolute atomic E-state index is 13.1. The summed E-state index contributed by atoms with van der Waals surface area (Å²) in [4.78, 5) is 54.6. The molecule has 12 heteroatoms. The van der Waals surface area contributed by atoms with E-state index in [1.807, 2.05) is 24.3 Å². The second kappa shape index (κ2) is 18.9. The Hall–Kier alpha value is -4.11. The lowest BCUT2D eigenvalue weighted by Gasteiger charge is -2.37. The topological polar surface area (TPSA) is 134 Å². The lowest BCUT2D eigenvalue weighted by atomic mass is 9.83. The minimum Gasteiger partial charge on any atom is -0.507 e. The van der Waals surface area contributed by atoms with Crippen molar-refractivity contribution in [2.75, 3.05) is 27.3 Å². The third-order valence-electron chi connectivity index (χ3n) is 11.8. The number of aliphatic hydroxyl groups excluding tert-OH is 2. The monoisotopic (exact) mass is 804 g/mol. The van der Waals surface area contributed by atoms with Gasteiger partial charge in [0.2, 0.25) is 0 Å². The van der Waals surface area contributed by atoms with Crippen LogP contribution in [-0.2, 0) is 28.0 Å². The molecule has 3 rings (SSSR count). The molecule has 0 aromatic rings. The Morgan fingerprint density at radius 2 is 1.07 bits per heavy atom. The molecule has 2 heterocycles. The average Bonchev–Trinajstić information content (AvgIpc) is 3.45. The van der Waals surface area contributed by atoms with Gasteiger partial charge in [0, 0.05) is 20.0 Å². The van der Waals surface area contributed by atoms with Crippen molar-refractivity contribution in [1.29, 1.82) is 0 Å². The lowest BCUT2D eigenvalue weighted by Crippen LogP contribution is -2.45. The largest absolute Gasteiger partial charge is 0.507 e. The van der Waals surface area contributed by atoms with Crippen LogP contribution in [0.25, 0.3) is 0 Å². The van der Waals surface area contributed by atoms with E-state index in [2.05, 4.69) is 92.0 Å². The number of carbonyl (C=O) groups is 4. The molecule has 0 radical (unpaired) electrons. The van der Waals surface area contributed by atoms with Crippen molar-refractivity contribution in [3.05, 3.63) is 108 Å². The first kappa shape index (κ1) is 46.3. The van der Waals surface area contributed by atoms with Gasteiger partial charge in [-0.2, -0.15) is 0 Å². The fourth-order valence-corrected chi connectivity index (χ4v) is 7.83. The number of ketones is 2. The van der Waals surface area contributed by atoms with Crippen LogP contribution in [0.4, 0.5) is 0 Å². The van der Waals surface area contributed by atoms with Crippen molar-refractivity contribution in [2.24, 2.45) is 11.8 Å². The van der Waals surface area contributed by atoms with Gasteiger partial charge in [-0.1, -0.05) is 114 Å². The summed E-state index contributed by atoms with van der Waals surface area (Å²) in [7, 11) is -1.15. The molecule has 1 aliphatic carbocycles. The molecule has 306 valence electrons. The van der Waals surface area contributed by atoms with Crippen LogP contribution in [0.2, 0.25) is 36.3 Å². The van der Waals surface area contributed by atoms with Crippen molar-refractivity contribution in [3.63, 3.8) is 0 Å². The molecule has 0 saturated carbocycles. The third-order valence-corrected chi connectivity index (χ3v) is 20.8.